The van der Waals surface area contributed by atoms with Gasteiger partial charge in [-0.05, 0) is 68.3 Å². The Kier molecular flexibility index (Phi) is 7.35. The number of nitrogens with zero attached hydrogens (tertiary/aromatic N) is 1. The highest BCUT2D eigenvalue weighted by Crippen LogP contribution is 2.22. The second kappa shape index (κ2) is 10.0. The number of sulfonamides is 1. The van der Waals surface area contributed by atoms with Gasteiger partial charge in [-0.2, -0.15) is 0 Å². The number of carbonyl (C=O) groups excluding carboxylic acids is 2. The molecule has 10 heteroatoms. The molecule has 2 aromatic carbocycles. The van der Waals surface area contributed by atoms with E-state index in [9.17, 15) is 18.0 Å². The van der Waals surface area contributed by atoms with Gasteiger partial charge < -0.3 is 10.1 Å². The van der Waals surface area contributed by atoms with Gasteiger partial charge in [-0.15, -0.1) is 0 Å². The maximum absolute atomic E-state index is 12.8. The number of carbonyl (C=O) groups is 2. The lowest BCUT2D eigenvalue weighted by Gasteiger charge is -2.15. The van der Waals surface area contributed by atoms with E-state index in [0.717, 1.165) is 5.56 Å². The molecule has 0 spiro atoms. The molecular weight excluding hydrogens is 466 g/mol. The Bertz CT molecular complexity index is 1310. The second-order valence-corrected chi connectivity index (χ2v) is 9.37. The first kappa shape index (κ1) is 24.2. The number of pyridine rings is 1. The number of benzene rings is 2. The molecule has 1 atom stereocenters. The number of anilines is 2. The minimum absolute atomic E-state index is 0.0289. The molecule has 0 radical (unpaired) electrons. The molecule has 1 aromatic heterocycles. The number of hydrogen-bond donors (Lipinski definition) is 2. The van der Waals surface area contributed by atoms with E-state index in [-0.39, 0.29) is 21.3 Å². The van der Waals surface area contributed by atoms with Crippen LogP contribution in [0.4, 0.5) is 11.4 Å². The lowest BCUT2D eigenvalue weighted by atomic mass is 10.1. The van der Waals surface area contributed by atoms with Crippen LogP contribution in [0.2, 0.25) is 5.15 Å². The van der Waals surface area contributed by atoms with Crippen molar-refractivity contribution in [2.75, 3.05) is 10.0 Å². The number of aryl methyl sites for hydroxylation is 2. The van der Waals surface area contributed by atoms with Gasteiger partial charge in [0.2, 0.25) is 0 Å². The van der Waals surface area contributed by atoms with Gasteiger partial charge in [0.1, 0.15) is 0 Å². The van der Waals surface area contributed by atoms with Crippen LogP contribution in [0.15, 0.2) is 65.7 Å². The fraction of sp³-hybridized carbons (Fsp3) is 0.174. The predicted octanol–water partition coefficient (Wildman–Crippen LogP) is 4.34. The highest BCUT2D eigenvalue weighted by atomic mass is 35.5. The number of hydrogen-bond acceptors (Lipinski definition) is 6. The average Bonchev–Trinajstić information content (AvgIpc) is 2.75. The number of nitrogens with one attached hydrogen (secondary N) is 2. The zero-order valence-electron chi connectivity index (χ0n) is 18.1. The molecule has 8 nitrogen and oxygen atoms in total. The zero-order valence-corrected chi connectivity index (χ0v) is 19.7. The summed E-state index contributed by atoms with van der Waals surface area (Å²) in [6.45, 7) is 4.88. The molecule has 0 aliphatic rings. The van der Waals surface area contributed by atoms with Crippen LogP contribution in [0.1, 0.15) is 28.4 Å². The van der Waals surface area contributed by atoms with Crippen LogP contribution in [0.5, 0.6) is 0 Å². The molecule has 1 heterocycles. The maximum atomic E-state index is 12.8. The number of amides is 1. The lowest BCUT2D eigenvalue weighted by Crippen LogP contribution is -2.30. The summed E-state index contributed by atoms with van der Waals surface area (Å²) in [5.41, 5.74) is 2.10. The molecule has 3 rings (SSSR count). The Balaban J connectivity index is 1.76. The third-order valence-corrected chi connectivity index (χ3v) is 6.36. The van der Waals surface area contributed by atoms with Crippen molar-refractivity contribution in [1.29, 1.82) is 0 Å². The molecule has 0 saturated carbocycles. The molecule has 1 unspecified atom stereocenters. The fourth-order valence-corrected chi connectivity index (χ4v) is 4.14. The summed E-state index contributed by atoms with van der Waals surface area (Å²) in [6, 6.07) is 14.2. The van der Waals surface area contributed by atoms with Crippen molar-refractivity contribution in [2.45, 2.75) is 31.8 Å². The van der Waals surface area contributed by atoms with E-state index in [1.807, 2.05) is 13.0 Å². The van der Waals surface area contributed by atoms with Crippen molar-refractivity contribution in [3.63, 3.8) is 0 Å². The number of halogens is 1. The minimum Gasteiger partial charge on any atom is -0.449 e. The molecule has 33 heavy (non-hydrogen) atoms. The Labute approximate surface area is 197 Å². The van der Waals surface area contributed by atoms with Crippen LogP contribution in [0.3, 0.4) is 0 Å². The highest BCUT2D eigenvalue weighted by Gasteiger charge is 2.23. The topological polar surface area (TPSA) is 114 Å². The fourth-order valence-electron chi connectivity index (χ4n) is 2.90. The minimum atomic E-state index is -3.95. The predicted molar refractivity (Wildman–Crippen MR) is 126 cm³/mol. The maximum Gasteiger partial charge on any atom is 0.339 e. The largest absolute Gasteiger partial charge is 0.449 e. The molecule has 172 valence electrons. The SMILES string of the molecule is Cc1cccc(NS(=O)(=O)c2ccc(C)c(C(=O)OC(C)C(=O)Nc3cccnc3Cl)c2)c1. The van der Waals surface area contributed by atoms with Gasteiger partial charge in [0.05, 0.1) is 16.1 Å². The molecule has 3 aromatic rings. The van der Waals surface area contributed by atoms with Crippen LogP contribution in [0.25, 0.3) is 0 Å². The van der Waals surface area contributed by atoms with Gasteiger partial charge in [0, 0.05) is 11.9 Å². The first-order chi connectivity index (χ1) is 15.6. The molecule has 0 saturated heterocycles. The van der Waals surface area contributed by atoms with Crippen molar-refractivity contribution in [1.82, 2.24) is 4.98 Å². The third-order valence-electron chi connectivity index (χ3n) is 4.68. The zero-order chi connectivity index (χ0) is 24.2. The second-order valence-electron chi connectivity index (χ2n) is 7.33. The van der Waals surface area contributed by atoms with Crippen molar-refractivity contribution in [3.8, 4) is 0 Å². The Morgan fingerprint density at radius 3 is 2.52 bits per heavy atom. The summed E-state index contributed by atoms with van der Waals surface area (Å²) >= 11 is 5.93. The molecule has 0 aliphatic heterocycles. The van der Waals surface area contributed by atoms with Crippen LogP contribution < -0.4 is 10.0 Å². The summed E-state index contributed by atoms with van der Waals surface area (Å²) in [5.74, 6) is -1.44. The van der Waals surface area contributed by atoms with Crippen LogP contribution in [0, 0.1) is 13.8 Å². The van der Waals surface area contributed by atoms with Gasteiger partial charge in [-0.3, -0.25) is 9.52 Å². The van der Waals surface area contributed by atoms with E-state index < -0.39 is 28.0 Å². The van der Waals surface area contributed by atoms with E-state index in [1.165, 1.54) is 31.3 Å². The van der Waals surface area contributed by atoms with Gasteiger partial charge in [0.15, 0.2) is 11.3 Å². The van der Waals surface area contributed by atoms with Crippen molar-refractivity contribution in [3.05, 3.63) is 82.6 Å². The summed E-state index contributed by atoms with van der Waals surface area (Å²) in [4.78, 5) is 28.9. The van der Waals surface area contributed by atoms with E-state index in [1.54, 1.807) is 37.3 Å². The third kappa shape index (κ3) is 6.09. The first-order valence-electron chi connectivity index (χ1n) is 9.89. The lowest BCUT2D eigenvalue weighted by molar-refractivity contribution is -0.123. The van der Waals surface area contributed by atoms with Gasteiger partial charge in [-0.25, -0.2) is 18.2 Å². The van der Waals surface area contributed by atoms with E-state index in [2.05, 4.69) is 15.0 Å². The molecule has 0 bridgehead atoms. The summed E-state index contributed by atoms with van der Waals surface area (Å²) in [5, 5.41) is 2.63. The normalized spacial score (nSPS) is 12.0. The van der Waals surface area contributed by atoms with Crippen molar-refractivity contribution < 1.29 is 22.7 Å². The highest BCUT2D eigenvalue weighted by molar-refractivity contribution is 7.92. The Morgan fingerprint density at radius 2 is 1.82 bits per heavy atom. The first-order valence-corrected chi connectivity index (χ1v) is 11.8. The molecular formula is C23H22ClN3O5S. The van der Waals surface area contributed by atoms with Gasteiger partial charge >= 0.3 is 5.97 Å². The van der Waals surface area contributed by atoms with Gasteiger partial charge in [0.25, 0.3) is 15.9 Å². The van der Waals surface area contributed by atoms with E-state index >= 15 is 0 Å². The number of ether oxygens (including phenoxy) is 1. The van der Waals surface area contributed by atoms with Crippen LogP contribution in [-0.2, 0) is 19.6 Å². The summed E-state index contributed by atoms with van der Waals surface area (Å²) in [6.07, 6.45) is 0.304. The number of aromatic nitrogens is 1. The number of rotatable bonds is 7. The van der Waals surface area contributed by atoms with Crippen LogP contribution >= 0.6 is 11.6 Å². The monoisotopic (exact) mass is 487 g/mol. The summed E-state index contributed by atoms with van der Waals surface area (Å²) < 4.78 is 33.4. The Morgan fingerprint density at radius 1 is 1.06 bits per heavy atom. The van der Waals surface area contributed by atoms with Crippen molar-refractivity contribution in [2.24, 2.45) is 0 Å². The summed E-state index contributed by atoms with van der Waals surface area (Å²) in [7, 11) is -3.95. The molecule has 0 fully saturated rings. The van der Waals surface area contributed by atoms with Crippen molar-refractivity contribution >= 4 is 44.9 Å². The molecule has 1 amide bonds. The standard InChI is InChI=1S/C23H22ClN3O5S/c1-14-6-4-7-17(12-14)27-33(30,31)18-10-9-15(2)19(13-18)23(29)32-16(3)22(28)26-20-8-5-11-25-21(20)24/h4-13,16,27H,1-3H3,(H,26,28). The smallest absolute Gasteiger partial charge is 0.339 e. The van der Waals surface area contributed by atoms with Crippen LogP contribution in [-0.4, -0.2) is 31.4 Å². The van der Waals surface area contributed by atoms with E-state index in [0.29, 0.717) is 11.3 Å². The average molecular weight is 488 g/mol. The van der Waals surface area contributed by atoms with Gasteiger partial charge in [-0.1, -0.05) is 29.8 Å². The number of esters is 1. The Hall–Kier alpha value is -3.43. The molecule has 2 N–H and O–H groups in total. The van der Waals surface area contributed by atoms with E-state index in [4.69, 9.17) is 16.3 Å². The molecule has 0 aliphatic carbocycles. The quantitative estimate of drug-likeness (QED) is 0.378.